The quantitative estimate of drug-likeness (QED) is 0.729. The summed E-state index contributed by atoms with van der Waals surface area (Å²) in [6.07, 6.45) is 7.64. The Hall–Kier alpha value is -2.14. The van der Waals surface area contributed by atoms with Gasteiger partial charge in [0.2, 0.25) is 0 Å². The number of aryl methyl sites for hydroxylation is 2. The third kappa shape index (κ3) is 2.96. The molecule has 0 saturated carbocycles. The number of nitrogens with one attached hydrogen (secondary N) is 2. The zero-order valence-corrected chi connectivity index (χ0v) is 14.7. The Bertz CT molecular complexity index is 838. The van der Waals surface area contributed by atoms with Crippen LogP contribution >= 0.6 is 11.3 Å². The van der Waals surface area contributed by atoms with Crippen LogP contribution in [0.1, 0.15) is 28.8 Å². The predicted molar refractivity (Wildman–Crippen MR) is 102 cm³/mol. The lowest BCUT2D eigenvalue weighted by Gasteiger charge is -2.12. The molecule has 2 N–H and O–H groups in total. The first-order valence-corrected chi connectivity index (χ1v) is 9.42. The monoisotopic (exact) mass is 338 g/mol. The molecule has 4 nitrogen and oxygen atoms in total. The van der Waals surface area contributed by atoms with Crippen LogP contribution in [0.4, 0.5) is 11.5 Å². The summed E-state index contributed by atoms with van der Waals surface area (Å²) in [5.74, 6) is 1.01. The molecule has 1 aliphatic carbocycles. The summed E-state index contributed by atoms with van der Waals surface area (Å²) in [4.78, 5) is 11.7. The van der Waals surface area contributed by atoms with Crippen LogP contribution in [0, 0.1) is 0 Å². The van der Waals surface area contributed by atoms with Crippen LogP contribution in [0.2, 0.25) is 0 Å². The minimum Gasteiger partial charge on any atom is -0.388 e. The molecule has 24 heavy (non-hydrogen) atoms. The summed E-state index contributed by atoms with van der Waals surface area (Å²) in [5.41, 5.74) is 3.97. The Morgan fingerprint density at radius 2 is 1.92 bits per heavy atom. The van der Waals surface area contributed by atoms with E-state index in [1.165, 1.54) is 47.1 Å². The van der Waals surface area contributed by atoms with Crippen molar-refractivity contribution in [1.82, 2.24) is 9.97 Å². The fraction of sp³-hybridized carbons (Fsp3) is 0.368. The molecule has 4 rings (SSSR count). The van der Waals surface area contributed by atoms with Gasteiger partial charge in [-0.25, -0.2) is 9.97 Å². The van der Waals surface area contributed by atoms with Crippen LogP contribution in [0.15, 0.2) is 30.6 Å². The molecule has 0 aliphatic heterocycles. The third-order valence-electron chi connectivity index (χ3n) is 4.70. The van der Waals surface area contributed by atoms with E-state index in [0.29, 0.717) is 0 Å². The molecule has 1 aromatic carbocycles. The number of nitrogens with zero attached hydrogens (tertiary/aromatic N) is 2. The van der Waals surface area contributed by atoms with E-state index in [4.69, 9.17) is 0 Å². The van der Waals surface area contributed by atoms with Gasteiger partial charge in [-0.15, -0.1) is 11.3 Å². The molecule has 0 radical (unpaired) electrons. The van der Waals surface area contributed by atoms with Crippen LogP contribution in [0.25, 0.3) is 10.2 Å². The number of rotatable bonds is 5. The van der Waals surface area contributed by atoms with E-state index in [1.54, 1.807) is 6.33 Å². The van der Waals surface area contributed by atoms with Gasteiger partial charge in [0.25, 0.3) is 0 Å². The van der Waals surface area contributed by atoms with Crippen LogP contribution < -0.4 is 10.6 Å². The average molecular weight is 338 g/mol. The minimum absolute atomic E-state index is 0.885. The van der Waals surface area contributed by atoms with Crippen LogP contribution in [-0.4, -0.2) is 23.6 Å². The number of thiophene rings is 1. The summed E-state index contributed by atoms with van der Waals surface area (Å²) in [6.45, 7) is 0.885. The second kappa shape index (κ2) is 6.77. The van der Waals surface area contributed by atoms with Gasteiger partial charge in [0.05, 0.1) is 5.39 Å². The zero-order valence-electron chi connectivity index (χ0n) is 13.9. The number of benzene rings is 1. The molecule has 3 aromatic rings. The average Bonchev–Trinajstić information content (AvgIpc) is 3.02. The van der Waals surface area contributed by atoms with Gasteiger partial charge in [-0.1, -0.05) is 12.1 Å². The molecule has 0 atom stereocenters. The minimum atomic E-state index is 0.885. The van der Waals surface area contributed by atoms with Crippen LogP contribution in [0.5, 0.6) is 0 Å². The van der Waals surface area contributed by atoms with E-state index >= 15 is 0 Å². The topological polar surface area (TPSA) is 49.8 Å². The van der Waals surface area contributed by atoms with E-state index < -0.39 is 0 Å². The Labute approximate surface area is 146 Å². The number of anilines is 2. The van der Waals surface area contributed by atoms with Gasteiger partial charge < -0.3 is 10.6 Å². The van der Waals surface area contributed by atoms with E-state index in [1.807, 2.05) is 18.4 Å². The molecular weight excluding hydrogens is 316 g/mol. The summed E-state index contributed by atoms with van der Waals surface area (Å²) in [6, 6.07) is 8.59. The molecule has 124 valence electrons. The molecule has 0 bridgehead atoms. The smallest absolute Gasteiger partial charge is 0.138 e. The van der Waals surface area contributed by atoms with Crippen LogP contribution in [0.3, 0.4) is 0 Å². The van der Waals surface area contributed by atoms with Crippen molar-refractivity contribution >= 4 is 33.1 Å². The lowest BCUT2D eigenvalue weighted by atomic mass is 9.97. The van der Waals surface area contributed by atoms with Gasteiger partial charge in [-0.05, 0) is 55.4 Å². The van der Waals surface area contributed by atoms with Crippen molar-refractivity contribution < 1.29 is 0 Å². The highest BCUT2D eigenvalue weighted by atomic mass is 32.1. The lowest BCUT2D eigenvalue weighted by Crippen LogP contribution is -2.08. The molecule has 2 heterocycles. The zero-order chi connectivity index (χ0) is 16.4. The fourth-order valence-electron chi connectivity index (χ4n) is 3.39. The SMILES string of the molecule is CNc1ccc(CCNc2ncnc3sc4c(c23)CCCC4)cc1. The summed E-state index contributed by atoms with van der Waals surface area (Å²) in [7, 11) is 1.94. The highest BCUT2D eigenvalue weighted by molar-refractivity contribution is 7.19. The maximum atomic E-state index is 4.52. The van der Waals surface area contributed by atoms with E-state index in [0.717, 1.165) is 29.3 Å². The highest BCUT2D eigenvalue weighted by Crippen LogP contribution is 2.38. The molecule has 0 amide bonds. The molecule has 5 heteroatoms. The summed E-state index contributed by atoms with van der Waals surface area (Å²) in [5, 5.41) is 7.96. The first kappa shape index (κ1) is 15.4. The van der Waals surface area contributed by atoms with Gasteiger partial charge >= 0.3 is 0 Å². The second-order valence-corrected chi connectivity index (χ2v) is 7.32. The molecule has 0 saturated heterocycles. The molecule has 0 spiro atoms. The van der Waals surface area contributed by atoms with Crippen molar-refractivity contribution in [3.8, 4) is 0 Å². The Morgan fingerprint density at radius 1 is 1.08 bits per heavy atom. The van der Waals surface area contributed by atoms with E-state index in [9.17, 15) is 0 Å². The Balaban J connectivity index is 1.50. The summed E-state index contributed by atoms with van der Waals surface area (Å²) < 4.78 is 0. The summed E-state index contributed by atoms with van der Waals surface area (Å²) >= 11 is 1.85. The van der Waals surface area contributed by atoms with Gasteiger partial charge in [0.1, 0.15) is 17.0 Å². The number of hydrogen-bond acceptors (Lipinski definition) is 5. The van der Waals surface area contributed by atoms with E-state index in [-0.39, 0.29) is 0 Å². The Morgan fingerprint density at radius 3 is 2.75 bits per heavy atom. The molecule has 0 fully saturated rings. The first-order chi connectivity index (χ1) is 11.8. The fourth-order valence-corrected chi connectivity index (χ4v) is 4.62. The molecule has 1 aliphatic rings. The number of aromatic nitrogens is 2. The van der Waals surface area contributed by atoms with E-state index in [2.05, 4.69) is 44.9 Å². The van der Waals surface area contributed by atoms with Gasteiger partial charge in [-0.3, -0.25) is 0 Å². The molecule has 0 unspecified atom stereocenters. The largest absolute Gasteiger partial charge is 0.388 e. The van der Waals surface area contributed by atoms with Crippen molar-refractivity contribution in [3.63, 3.8) is 0 Å². The van der Waals surface area contributed by atoms with Crippen molar-refractivity contribution in [2.75, 3.05) is 24.2 Å². The van der Waals surface area contributed by atoms with Crippen molar-refractivity contribution in [2.45, 2.75) is 32.1 Å². The Kier molecular flexibility index (Phi) is 4.34. The number of fused-ring (bicyclic) bond motifs is 3. The van der Waals surface area contributed by atoms with Crippen LogP contribution in [-0.2, 0) is 19.3 Å². The van der Waals surface area contributed by atoms with Gasteiger partial charge in [0.15, 0.2) is 0 Å². The van der Waals surface area contributed by atoms with Crippen molar-refractivity contribution in [1.29, 1.82) is 0 Å². The normalized spacial score (nSPS) is 13.7. The molecular formula is C19H22N4S. The van der Waals surface area contributed by atoms with Crippen molar-refractivity contribution in [2.24, 2.45) is 0 Å². The third-order valence-corrected chi connectivity index (χ3v) is 5.90. The second-order valence-electron chi connectivity index (χ2n) is 6.24. The van der Waals surface area contributed by atoms with Gasteiger partial charge in [0, 0.05) is 24.2 Å². The lowest BCUT2D eigenvalue weighted by molar-refractivity contribution is 0.700. The first-order valence-electron chi connectivity index (χ1n) is 8.61. The maximum absolute atomic E-state index is 4.52. The predicted octanol–water partition coefficient (Wildman–Crippen LogP) is 4.27. The van der Waals surface area contributed by atoms with Gasteiger partial charge in [-0.2, -0.15) is 0 Å². The van der Waals surface area contributed by atoms with Crippen molar-refractivity contribution in [3.05, 3.63) is 46.6 Å². The highest BCUT2D eigenvalue weighted by Gasteiger charge is 2.19. The maximum Gasteiger partial charge on any atom is 0.138 e. The molecule has 2 aromatic heterocycles. The standard InChI is InChI=1S/C19H22N4S/c1-20-14-8-6-13(7-9-14)10-11-21-18-17-15-4-2-3-5-16(15)24-19(17)23-12-22-18/h6-9,12,20H,2-5,10-11H2,1H3,(H,21,22,23). The number of hydrogen-bond donors (Lipinski definition) is 2.